The monoisotopic (exact) mass is 402 g/mol. The number of ketones is 1. The van der Waals surface area contributed by atoms with Gasteiger partial charge < -0.3 is 0 Å². The van der Waals surface area contributed by atoms with Gasteiger partial charge in [-0.25, -0.2) is 0 Å². The van der Waals surface area contributed by atoms with Crippen LogP contribution in [-0.4, -0.2) is 5.78 Å². The number of halogens is 2. The van der Waals surface area contributed by atoms with E-state index >= 15 is 0 Å². The molecule has 0 aliphatic heterocycles. The summed E-state index contributed by atoms with van der Waals surface area (Å²) in [6, 6.07) is 21.7. The Hall–Kier alpha value is -1.45. The Kier molecular flexibility index (Phi) is 4.22. The topological polar surface area (TPSA) is 17.1 Å². The highest BCUT2D eigenvalue weighted by molar-refractivity contribution is 9.10. The van der Waals surface area contributed by atoms with Crippen LogP contribution in [0.2, 0.25) is 0 Å². The largest absolute Gasteiger partial charge is 0.292 e. The highest BCUT2D eigenvalue weighted by Crippen LogP contribution is 2.32. The molecule has 0 heterocycles. The molecule has 21 heavy (non-hydrogen) atoms. The summed E-state index contributed by atoms with van der Waals surface area (Å²) in [6.07, 6.45) is 0. The number of alkyl halides is 1. The Balaban J connectivity index is 2.03. The Morgan fingerprint density at radius 3 is 2.10 bits per heavy atom. The SMILES string of the molecule is O=C(c1cc2ccccc2cc1Br)C(Br)c1ccccc1. The number of benzene rings is 3. The minimum absolute atomic E-state index is 0.0545. The van der Waals surface area contributed by atoms with Gasteiger partial charge in [-0.15, -0.1) is 0 Å². The molecule has 0 aliphatic rings. The zero-order valence-electron chi connectivity index (χ0n) is 11.1. The van der Waals surface area contributed by atoms with E-state index in [-0.39, 0.29) is 10.6 Å². The lowest BCUT2D eigenvalue weighted by Crippen LogP contribution is -2.08. The van der Waals surface area contributed by atoms with Crippen molar-refractivity contribution >= 4 is 48.4 Å². The van der Waals surface area contributed by atoms with Crippen LogP contribution in [0, 0.1) is 0 Å². The van der Waals surface area contributed by atoms with Crippen molar-refractivity contribution in [1.29, 1.82) is 0 Å². The minimum Gasteiger partial charge on any atom is -0.292 e. The third-order valence-electron chi connectivity index (χ3n) is 3.42. The number of carbonyl (C=O) groups is 1. The number of carbonyl (C=O) groups excluding carboxylic acids is 1. The Morgan fingerprint density at radius 1 is 0.857 bits per heavy atom. The van der Waals surface area contributed by atoms with Crippen LogP contribution in [0.3, 0.4) is 0 Å². The average molecular weight is 404 g/mol. The van der Waals surface area contributed by atoms with Crippen molar-refractivity contribution in [1.82, 2.24) is 0 Å². The minimum atomic E-state index is -0.337. The summed E-state index contributed by atoms with van der Waals surface area (Å²) in [4.78, 5) is 12.4. The molecule has 0 radical (unpaired) electrons. The van der Waals surface area contributed by atoms with Crippen LogP contribution in [0.15, 0.2) is 71.2 Å². The molecule has 0 fully saturated rings. The summed E-state index contributed by atoms with van der Waals surface area (Å²) in [5.74, 6) is 0.0545. The lowest BCUT2D eigenvalue weighted by molar-refractivity contribution is 0.0991. The van der Waals surface area contributed by atoms with E-state index in [2.05, 4.69) is 31.9 Å². The van der Waals surface area contributed by atoms with Crippen LogP contribution in [0.5, 0.6) is 0 Å². The molecule has 3 aromatic rings. The van der Waals surface area contributed by atoms with Crippen molar-refractivity contribution in [2.75, 3.05) is 0 Å². The number of rotatable bonds is 3. The predicted molar refractivity (Wildman–Crippen MR) is 94.1 cm³/mol. The third kappa shape index (κ3) is 2.94. The van der Waals surface area contributed by atoms with Crippen LogP contribution in [0.1, 0.15) is 20.7 Å². The van der Waals surface area contributed by atoms with Gasteiger partial charge in [0.05, 0.1) is 0 Å². The summed E-state index contributed by atoms with van der Waals surface area (Å²) in [6.45, 7) is 0. The molecule has 3 aromatic carbocycles. The van der Waals surface area contributed by atoms with E-state index in [0.717, 1.165) is 20.8 Å². The molecule has 0 saturated heterocycles. The van der Waals surface area contributed by atoms with Crippen LogP contribution in [-0.2, 0) is 0 Å². The second-order valence-electron chi connectivity index (χ2n) is 4.82. The maximum atomic E-state index is 12.7. The van der Waals surface area contributed by atoms with Gasteiger partial charge in [0.25, 0.3) is 0 Å². The van der Waals surface area contributed by atoms with Crippen molar-refractivity contribution < 1.29 is 4.79 Å². The first-order valence-electron chi connectivity index (χ1n) is 6.58. The Morgan fingerprint density at radius 2 is 1.43 bits per heavy atom. The Bertz CT molecular complexity index is 797. The normalized spacial score (nSPS) is 12.3. The molecule has 3 rings (SSSR count). The number of hydrogen-bond acceptors (Lipinski definition) is 1. The quantitative estimate of drug-likeness (QED) is 0.391. The molecular formula is C18H12Br2O. The van der Waals surface area contributed by atoms with E-state index < -0.39 is 0 Å². The fourth-order valence-corrected chi connectivity index (χ4v) is 3.42. The zero-order chi connectivity index (χ0) is 14.8. The maximum absolute atomic E-state index is 12.7. The van der Waals surface area contributed by atoms with Gasteiger partial charge in [-0.2, -0.15) is 0 Å². The van der Waals surface area contributed by atoms with Gasteiger partial charge >= 0.3 is 0 Å². The molecule has 0 amide bonds. The van der Waals surface area contributed by atoms with Gasteiger partial charge in [0.1, 0.15) is 4.83 Å². The van der Waals surface area contributed by atoms with Gasteiger partial charge in [-0.3, -0.25) is 4.79 Å². The van der Waals surface area contributed by atoms with Crippen LogP contribution in [0.4, 0.5) is 0 Å². The molecule has 104 valence electrons. The van der Waals surface area contributed by atoms with Gasteiger partial charge in [-0.05, 0) is 28.5 Å². The molecule has 0 bridgehead atoms. The number of hydrogen-bond donors (Lipinski definition) is 0. The van der Waals surface area contributed by atoms with Crippen molar-refractivity contribution in [3.63, 3.8) is 0 Å². The van der Waals surface area contributed by atoms with E-state index in [4.69, 9.17) is 0 Å². The van der Waals surface area contributed by atoms with Crippen molar-refractivity contribution in [2.24, 2.45) is 0 Å². The average Bonchev–Trinajstić information content (AvgIpc) is 2.53. The van der Waals surface area contributed by atoms with Crippen molar-refractivity contribution in [3.05, 3.63) is 82.3 Å². The standard InChI is InChI=1S/C18H12Br2O/c19-16-11-14-9-5-4-8-13(14)10-15(16)18(21)17(20)12-6-2-1-3-7-12/h1-11,17H. The number of fused-ring (bicyclic) bond motifs is 1. The molecule has 0 aromatic heterocycles. The lowest BCUT2D eigenvalue weighted by Gasteiger charge is -2.12. The first-order valence-corrected chi connectivity index (χ1v) is 8.29. The van der Waals surface area contributed by atoms with Gasteiger partial charge in [-0.1, -0.05) is 86.5 Å². The second kappa shape index (κ2) is 6.12. The first-order chi connectivity index (χ1) is 10.2. The molecular weight excluding hydrogens is 392 g/mol. The fourth-order valence-electron chi connectivity index (χ4n) is 2.31. The highest BCUT2D eigenvalue weighted by Gasteiger charge is 2.21. The lowest BCUT2D eigenvalue weighted by atomic mass is 10.00. The molecule has 1 unspecified atom stereocenters. The van der Waals surface area contributed by atoms with Crippen molar-refractivity contribution in [3.8, 4) is 0 Å². The van der Waals surface area contributed by atoms with E-state index in [1.165, 1.54) is 0 Å². The maximum Gasteiger partial charge on any atom is 0.182 e. The van der Waals surface area contributed by atoms with E-state index in [1.54, 1.807) is 0 Å². The highest BCUT2D eigenvalue weighted by atomic mass is 79.9. The third-order valence-corrected chi connectivity index (χ3v) is 5.02. The van der Waals surface area contributed by atoms with E-state index in [1.807, 2.05) is 66.7 Å². The molecule has 1 nitrogen and oxygen atoms in total. The molecule has 0 spiro atoms. The van der Waals surface area contributed by atoms with Crippen molar-refractivity contribution in [2.45, 2.75) is 4.83 Å². The molecule has 0 aliphatic carbocycles. The molecule has 1 atom stereocenters. The second-order valence-corrected chi connectivity index (χ2v) is 6.59. The zero-order valence-corrected chi connectivity index (χ0v) is 14.3. The molecule has 3 heteroatoms. The van der Waals surface area contributed by atoms with Crippen LogP contribution < -0.4 is 0 Å². The Labute approximate surface area is 140 Å². The van der Waals surface area contributed by atoms with Gasteiger partial charge in [0.2, 0.25) is 0 Å². The summed E-state index contributed by atoms with van der Waals surface area (Å²) in [5, 5.41) is 2.18. The summed E-state index contributed by atoms with van der Waals surface area (Å²) < 4.78 is 0.826. The smallest absolute Gasteiger partial charge is 0.182 e. The summed E-state index contributed by atoms with van der Waals surface area (Å²) >= 11 is 7.03. The van der Waals surface area contributed by atoms with E-state index in [0.29, 0.717) is 5.56 Å². The van der Waals surface area contributed by atoms with Crippen LogP contribution >= 0.6 is 31.9 Å². The van der Waals surface area contributed by atoms with Gasteiger partial charge in [0.15, 0.2) is 5.78 Å². The van der Waals surface area contributed by atoms with Gasteiger partial charge in [0, 0.05) is 10.0 Å². The van der Waals surface area contributed by atoms with E-state index in [9.17, 15) is 4.79 Å². The van der Waals surface area contributed by atoms with Crippen LogP contribution in [0.25, 0.3) is 10.8 Å². The molecule has 0 N–H and O–H groups in total. The first kappa shape index (κ1) is 14.5. The predicted octanol–water partition coefficient (Wildman–Crippen LogP) is 5.92. The number of Topliss-reactive ketones (excluding diaryl/α,β-unsaturated/α-hetero) is 1. The summed E-state index contributed by atoms with van der Waals surface area (Å²) in [5.41, 5.74) is 1.65. The summed E-state index contributed by atoms with van der Waals surface area (Å²) in [7, 11) is 0. The fraction of sp³-hybridized carbons (Fsp3) is 0.0556. The molecule has 0 saturated carbocycles.